The zero-order valence-electron chi connectivity index (χ0n) is 12.4. The van der Waals surface area contributed by atoms with Crippen molar-refractivity contribution < 1.29 is 8.42 Å². The summed E-state index contributed by atoms with van der Waals surface area (Å²) in [6, 6.07) is 14.2. The first-order valence-electron chi connectivity index (χ1n) is 7.06. The van der Waals surface area contributed by atoms with Gasteiger partial charge in [0.05, 0.1) is 10.6 Å². The molecule has 2 N–H and O–H groups in total. The number of aryl methyl sites for hydroxylation is 2. The lowest BCUT2D eigenvalue weighted by Gasteiger charge is -2.13. The summed E-state index contributed by atoms with van der Waals surface area (Å²) in [6.07, 6.45) is 0.956. The SMILES string of the molecule is CCc1ccc(C(N)CS(=O)(=O)c2ccc(C)cc2)cc1. The highest BCUT2D eigenvalue weighted by Gasteiger charge is 2.19. The van der Waals surface area contributed by atoms with Crippen LogP contribution in [0.1, 0.15) is 29.7 Å². The van der Waals surface area contributed by atoms with E-state index >= 15 is 0 Å². The van der Waals surface area contributed by atoms with Gasteiger partial charge in [-0.25, -0.2) is 8.42 Å². The second-order valence-electron chi connectivity index (χ2n) is 5.30. The largest absolute Gasteiger partial charge is 0.323 e. The van der Waals surface area contributed by atoms with Crippen LogP contribution in [0, 0.1) is 6.92 Å². The lowest BCUT2D eigenvalue weighted by atomic mass is 10.1. The van der Waals surface area contributed by atoms with Crippen LogP contribution in [0.4, 0.5) is 0 Å². The molecule has 1 unspecified atom stereocenters. The van der Waals surface area contributed by atoms with Crippen molar-refractivity contribution in [2.45, 2.75) is 31.2 Å². The zero-order chi connectivity index (χ0) is 15.5. The maximum Gasteiger partial charge on any atom is 0.180 e. The van der Waals surface area contributed by atoms with Gasteiger partial charge in [-0.2, -0.15) is 0 Å². The van der Waals surface area contributed by atoms with Crippen LogP contribution in [0.3, 0.4) is 0 Å². The molecular formula is C17H21NO2S. The summed E-state index contributed by atoms with van der Waals surface area (Å²) < 4.78 is 24.7. The van der Waals surface area contributed by atoms with E-state index in [2.05, 4.69) is 6.92 Å². The maximum absolute atomic E-state index is 12.4. The molecule has 0 radical (unpaired) electrons. The Morgan fingerprint density at radius 2 is 1.57 bits per heavy atom. The Hall–Kier alpha value is -1.65. The van der Waals surface area contributed by atoms with Gasteiger partial charge >= 0.3 is 0 Å². The number of hydrogen-bond acceptors (Lipinski definition) is 3. The van der Waals surface area contributed by atoms with Crippen LogP contribution in [-0.4, -0.2) is 14.2 Å². The first kappa shape index (κ1) is 15.7. The van der Waals surface area contributed by atoms with Gasteiger partial charge in [-0.05, 0) is 36.6 Å². The van der Waals surface area contributed by atoms with Gasteiger partial charge < -0.3 is 5.73 Å². The molecule has 4 heteroatoms. The summed E-state index contributed by atoms with van der Waals surface area (Å²) >= 11 is 0. The molecule has 0 spiro atoms. The third-order valence-corrected chi connectivity index (χ3v) is 5.38. The van der Waals surface area contributed by atoms with E-state index in [-0.39, 0.29) is 5.75 Å². The standard InChI is InChI=1S/C17H21NO2S/c1-3-14-6-8-15(9-7-14)17(18)12-21(19,20)16-10-4-13(2)5-11-16/h4-11,17H,3,12,18H2,1-2H3. The van der Waals surface area contributed by atoms with Crippen molar-refractivity contribution in [2.75, 3.05) is 5.75 Å². The Balaban J connectivity index is 2.17. The first-order chi connectivity index (χ1) is 9.92. The van der Waals surface area contributed by atoms with Crippen LogP contribution < -0.4 is 5.73 Å². The number of rotatable bonds is 5. The second-order valence-corrected chi connectivity index (χ2v) is 7.33. The average molecular weight is 303 g/mol. The van der Waals surface area contributed by atoms with Gasteiger partial charge in [0, 0.05) is 6.04 Å². The van der Waals surface area contributed by atoms with Crippen molar-refractivity contribution >= 4 is 9.84 Å². The molecule has 0 bridgehead atoms. The number of hydrogen-bond donors (Lipinski definition) is 1. The fourth-order valence-corrected chi connectivity index (χ4v) is 3.58. The molecule has 1 atom stereocenters. The Bertz CT molecular complexity index is 689. The van der Waals surface area contributed by atoms with Crippen molar-refractivity contribution in [3.63, 3.8) is 0 Å². The topological polar surface area (TPSA) is 60.2 Å². The molecule has 0 heterocycles. The van der Waals surface area contributed by atoms with Crippen LogP contribution in [0.5, 0.6) is 0 Å². The lowest BCUT2D eigenvalue weighted by molar-refractivity contribution is 0.589. The highest BCUT2D eigenvalue weighted by atomic mass is 32.2. The molecule has 21 heavy (non-hydrogen) atoms. The molecule has 0 aliphatic rings. The molecule has 0 fully saturated rings. The van der Waals surface area contributed by atoms with Gasteiger partial charge in [-0.1, -0.05) is 48.9 Å². The third kappa shape index (κ3) is 3.93. The molecule has 0 amide bonds. The van der Waals surface area contributed by atoms with Crippen molar-refractivity contribution in [3.05, 3.63) is 65.2 Å². The first-order valence-corrected chi connectivity index (χ1v) is 8.71. The molecule has 0 saturated heterocycles. The number of sulfone groups is 1. The van der Waals surface area contributed by atoms with Gasteiger partial charge in [-0.3, -0.25) is 0 Å². The molecular weight excluding hydrogens is 282 g/mol. The van der Waals surface area contributed by atoms with Gasteiger partial charge in [0.2, 0.25) is 0 Å². The Morgan fingerprint density at radius 1 is 1.00 bits per heavy atom. The van der Waals surface area contributed by atoms with E-state index in [4.69, 9.17) is 5.73 Å². The van der Waals surface area contributed by atoms with E-state index in [9.17, 15) is 8.42 Å². The minimum atomic E-state index is -3.37. The smallest absolute Gasteiger partial charge is 0.180 e. The van der Waals surface area contributed by atoms with E-state index in [0.717, 1.165) is 17.5 Å². The Morgan fingerprint density at radius 3 is 2.10 bits per heavy atom. The van der Waals surface area contributed by atoms with E-state index in [1.807, 2.05) is 31.2 Å². The fourth-order valence-electron chi connectivity index (χ4n) is 2.17. The number of nitrogens with two attached hydrogens (primary N) is 1. The molecule has 2 aromatic carbocycles. The summed E-state index contributed by atoms with van der Waals surface area (Å²) in [5.41, 5.74) is 9.16. The zero-order valence-corrected chi connectivity index (χ0v) is 13.2. The lowest BCUT2D eigenvalue weighted by Crippen LogP contribution is -2.21. The quantitative estimate of drug-likeness (QED) is 0.923. The molecule has 112 valence electrons. The van der Waals surface area contributed by atoms with E-state index in [1.165, 1.54) is 5.56 Å². The molecule has 0 aliphatic carbocycles. The fraction of sp³-hybridized carbons (Fsp3) is 0.294. The highest BCUT2D eigenvalue weighted by Crippen LogP contribution is 2.19. The predicted octanol–water partition coefficient (Wildman–Crippen LogP) is 3.03. The highest BCUT2D eigenvalue weighted by molar-refractivity contribution is 7.91. The Labute approximate surface area is 126 Å². The Kier molecular flexibility index (Phi) is 4.80. The second kappa shape index (κ2) is 6.41. The van der Waals surface area contributed by atoms with Crippen molar-refractivity contribution in [2.24, 2.45) is 5.73 Å². The third-order valence-electron chi connectivity index (χ3n) is 3.60. The van der Waals surface area contributed by atoms with Gasteiger partial charge in [-0.15, -0.1) is 0 Å². The molecule has 0 aromatic heterocycles. The van der Waals surface area contributed by atoms with Crippen LogP contribution in [-0.2, 0) is 16.3 Å². The average Bonchev–Trinajstić information content (AvgIpc) is 2.47. The summed E-state index contributed by atoms with van der Waals surface area (Å²) in [5, 5.41) is 0. The summed E-state index contributed by atoms with van der Waals surface area (Å²) in [5.74, 6) is -0.0818. The molecule has 2 rings (SSSR count). The van der Waals surface area contributed by atoms with Crippen molar-refractivity contribution in [3.8, 4) is 0 Å². The van der Waals surface area contributed by atoms with Crippen LogP contribution in [0.15, 0.2) is 53.4 Å². The molecule has 3 nitrogen and oxygen atoms in total. The summed E-state index contributed by atoms with van der Waals surface area (Å²) in [7, 11) is -3.37. The van der Waals surface area contributed by atoms with Crippen LogP contribution in [0.2, 0.25) is 0 Å². The predicted molar refractivity (Wildman–Crippen MR) is 86.0 cm³/mol. The summed E-state index contributed by atoms with van der Waals surface area (Å²) in [4.78, 5) is 0.328. The van der Waals surface area contributed by atoms with Crippen LogP contribution >= 0.6 is 0 Å². The monoisotopic (exact) mass is 303 g/mol. The minimum Gasteiger partial charge on any atom is -0.323 e. The molecule has 2 aromatic rings. The maximum atomic E-state index is 12.4. The van der Waals surface area contributed by atoms with Gasteiger partial charge in [0.1, 0.15) is 0 Å². The summed E-state index contributed by atoms with van der Waals surface area (Å²) in [6.45, 7) is 4.01. The van der Waals surface area contributed by atoms with E-state index in [1.54, 1.807) is 24.3 Å². The van der Waals surface area contributed by atoms with E-state index < -0.39 is 15.9 Å². The molecule has 0 saturated carbocycles. The van der Waals surface area contributed by atoms with E-state index in [0.29, 0.717) is 4.90 Å². The van der Waals surface area contributed by atoms with Crippen LogP contribution in [0.25, 0.3) is 0 Å². The molecule has 0 aliphatic heterocycles. The minimum absolute atomic E-state index is 0.0818. The normalized spacial score (nSPS) is 13.1. The van der Waals surface area contributed by atoms with Gasteiger partial charge in [0.25, 0.3) is 0 Å². The van der Waals surface area contributed by atoms with Crippen molar-refractivity contribution in [1.82, 2.24) is 0 Å². The van der Waals surface area contributed by atoms with Crippen molar-refractivity contribution in [1.29, 1.82) is 0 Å². The van der Waals surface area contributed by atoms with Gasteiger partial charge in [0.15, 0.2) is 9.84 Å². The number of benzene rings is 2.